The molecule has 0 aromatic carbocycles. The number of aromatic nitrogens is 1. The number of pyridine rings is 1. The smallest absolute Gasteiger partial charge is 0.162 e. The number of hydrogen-bond donors (Lipinski definition) is 1. The Kier molecular flexibility index (Phi) is 5.21. The average molecular weight is 183 g/mol. The topological polar surface area (TPSA) is 32.9 Å². The van der Waals surface area contributed by atoms with Crippen LogP contribution in [-0.2, 0) is 0 Å². The molecule has 1 N–H and O–H groups in total. The van der Waals surface area contributed by atoms with Crippen LogP contribution in [-0.4, -0.2) is 10.8 Å². The lowest BCUT2D eigenvalue weighted by atomic mass is 10.2. The summed E-state index contributed by atoms with van der Waals surface area (Å²) < 4.78 is 0.509. The third-order valence-electron chi connectivity index (χ3n) is 1.20. The normalized spacial score (nSPS) is 8.25. The number of rotatable bonds is 1. The molecule has 0 atom stereocenters. The van der Waals surface area contributed by atoms with Crippen molar-refractivity contribution in [3.63, 3.8) is 0 Å². The Bertz CT molecular complexity index is 303. The molecule has 0 fully saturated rings. The highest BCUT2D eigenvalue weighted by Gasteiger charge is 1.97. The summed E-state index contributed by atoms with van der Waals surface area (Å²) in [6.07, 6.45) is 1.70. The van der Waals surface area contributed by atoms with E-state index >= 15 is 0 Å². The third-order valence-corrected chi connectivity index (χ3v) is 1.54. The molecule has 1 heterocycles. The van der Waals surface area contributed by atoms with Crippen LogP contribution in [0.4, 0.5) is 0 Å². The van der Waals surface area contributed by atoms with Gasteiger partial charge in [0.15, 0.2) is 5.78 Å². The molecule has 66 valence electrons. The lowest BCUT2D eigenvalue weighted by Gasteiger charge is -1.91. The van der Waals surface area contributed by atoms with Gasteiger partial charge in [0, 0.05) is 6.20 Å². The van der Waals surface area contributed by atoms with E-state index in [1.165, 1.54) is 6.92 Å². The fourth-order valence-corrected chi connectivity index (χ4v) is 0.979. The van der Waals surface area contributed by atoms with Gasteiger partial charge in [0.2, 0.25) is 0 Å². The molecule has 2 nitrogen and oxygen atoms in total. The van der Waals surface area contributed by atoms with E-state index in [9.17, 15) is 4.79 Å². The molecule has 0 aliphatic rings. The maximum atomic E-state index is 10.8. The summed E-state index contributed by atoms with van der Waals surface area (Å²) >= 11 is 4.85. The summed E-state index contributed by atoms with van der Waals surface area (Å²) in [5, 5.41) is 0. The molecule has 1 aromatic rings. The van der Waals surface area contributed by atoms with E-state index in [0.29, 0.717) is 10.2 Å². The zero-order valence-electron chi connectivity index (χ0n) is 7.55. The summed E-state index contributed by atoms with van der Waals surface area (Å²) in [4.78, 5) is 13.6. The van der Waals surface area contributed by atoms with Gasteiger partial charge >= 0.3 is 0 Å². The molecule has 1 aromatic heterocycles. The first-order valence-electron chi connectivity index (χ1n) is 3.90. The Morgan fingerprint density at radius 3 is 2.42 bits per heavy atom. The van der Waals surface area contributed by atoms with E-state index in [2.05, 4.69) is 4.98 Å². The van der Waals surface area contributed by atoms with E-state index in [0.717, 1.165) is 0 Å². The summed E-state index contributed by atoms with van der Waals surface area (Å²) in [6, 6.07) is 3.47. The second-order valence-electron chi connectivity index (χ2n) is 1.97. The molecule has 0 spiro atoms. The van der Waals surface area contributed by atoms with Crippen LogP contribution in [0.25, 0.3) is 0 Å². The van der Waals surface area contributed by atoms with Gasteiger partial charge in [0.05, 0.1) is 5.56 Å². The van der Waals surface area contributed by atoms with Crippen molar-refractivity contribution in [2.75, 3.05) is 0 Å². The summed E-state index contributed by atoms with van der Waals surface area (Å²) in [5.74, 6) is 0.00171. The summed E-state index contributed by atoms with van der Waals surface area (Å²) in [6.45, 7) is 5.50. The lowest BCUT2D eigenvalue weighted by molar-refractivity contribution is 0.101. The van der Waals surface area contributed by atoms with Crippen molar-refractivity contribution < 1.29 is 4.79 Å². The SMILES string of the molecule is CC.CC(=O)c1ccc[nH]c1=S. The molecule has 0 unspecified atom stereocenters. The first-order chi connectivity index (χ1) is 5.72. The monoisotopic (exact) mass is 183 g/mol. The zero-order chi connectivity index (χ0) is 9.56. The number of Topliss-reactive ketones (excluding diaryl/α,β-unsaturated/α-hetero) is 1. The zero-order valence-corrected chi connectivity index (χ0v) is 8.37. The molecular formula is C9H13NOS. The van der Waals surface area contributed by atoms with Crippen LogP contribution in [0.3, 0.4) is 0 Å². The molecule has 0 saturated heterocycles. The molecule has 0 saturated carbocycles. The molecule has 0 aliphatic heterocycles. The Hall–Kier alpha value is -0.960. The van der Waals surface area contributed by atoms with Crippen LogP contribution in [0, 0.1) is 4.64 Å². The van der Waals surface area contributed by atoms with Gasteiger partial charge in [-0.05, 0) is 19.1 Å². The number of ketones is 1. The van der Waals surface area contributed by atoms with Crippen LogP contribution >= 0.6 is 12.2 Å². The fourth-order valence-electron chi connectivity index (χ4n) is 0.699. The van der Waals surface area contributed by atoms with Gasteiger partial charge < -0.3 is 4.98 Å². The van der Waals surface area contributed by atoms with Gasteiger partial charge in [-0.3, -0.25) is 4.79 Å². The molecule has 0 aliphatic carbocycles. The third kappa shape index (κ3) is 2.96. The van der Waals surface area contributed by atoms with Gasteiger partial charge in [-0.1, -0.05) is 26.1 Å². The van der Waals surface area contributed by atoms with Crippen molar-refractivity contribution >= 4 is 18.0 Å². The second kappa shape index (κ2) is 5.66. The number of H-pyrrole nitrogens is 1. The molecule has 12 heavy (non-hydrogen) atoms. The van der Waals surface area contributed by atoms with E-state index in [1.807, 2.05) is 13.8 Å². The first-order valence-corrected chi connectivity index (χ1v) is 4.31. The Balaban J connectivity index is 0.000000561. The van der Waals surface area contributed by atoms with Crippen LogP contribution in [0.2, 0.25) is 0 Å². The minimum Gasteiger partial charge on any atom is -0.352 e. The van der Waals surface area contributed by atoms with E-state index in [-0.39, 0.29) is 5.78 Å². The van der Waals surface area contributed by atoms with Crippen molar-refractivity contribution in [2.45, 2.75) is 20.8 Å². The van der Waals surface area contributed by atoms with Crippen molar-refractivity contribution in [3.8, 4) is 0 Å². The van der Waals surface area contributed by atoms with Gasteiger partial charge in [-0.25, -0.2) is 0 Å². The van der Waals surface area contributed by atoms with Gasteiger partial charge in [0.1, 0.15) is 4.64 Å². The van der Waals surface area contributed by atoms with Crippen molar-refractivity contribution in [3.05, 3.63) is 28.5 Å². The number of nitrogens with one attached hydrogen (secondary N) is 1. The minimum absolute atomic E-state index is 0.00171. The number of aromatic amines is 1. The number of hydrogen-bond acceptors (Lipinski definition) is 2. The highest BCUT2D eigenvalue weighted by molar-refractivity contribution is 7.71. The minimum atomic E-state index is 0.00171. The van der Waals surface area contributed by atoms with Crippen LogP contribution < -0.4 is 0 Å². The maximum absolute atomic E-state index is 10.8. The molecule has 0 bridgehead atoms. The predicted octanol–water partition coefficient (Wildman–Crippen LogP) is 2.97. The second-order valence-corrected chi connectivity index (χ2v) is 2.38. The highest BCUT2D eigenvalue weighted by Crippen LogP contribution is 1.99. The summed E-state index contributed by atoms with van der Waals surface area (Å²) in [5.41, 5.74) is 0.581. The largest absolute Gasteiger partial charge is 0.352 e. The average Bonchev–Trinajstić information content (AvgIpc) is 2.08. The van der Waals surface area contributed by atoms with E-state index in [4.69, 9.17) is 12.2 Å². The molecule has 0 amide bonds. The molecule has 1 rings (SSSR count). The fraction of sp³-hybridized carbons (Fsp3) is 0.333. The van der Waals surface area contributed by atoms with Crippen molar-refractivity contribution in [1.29, 1.82) is 0 Å². The van der Waals surface area contributed by atoms with Crippen molar-refractivity contribution in [1.82, 2.24) is 4.98 Å². The Labute approximate surface area is 77.6 Å². The predicted molar refractivity (Wildman–Crippen MR) is 53.0 cm³/mol. The number of carbonyl (C=O) groups is 1. The molecular weight excluding hydrogens is 170 g/mol. The standard InChI is InChI=1S/C7H7NOS.C2H6/c1-5(9)6-3-2-4-8-7(6)10;1-2/h2-4H,1H3,(H,8,10);1-2H3. The van der Waals surface area contributed by atoms with E-state index < -0.39 is 0 Å². The molecule has 0 radical (unpaired) electrons. The highest BCUT2D eigenvalue weighted by atomic mass is 32.1. The summed E-state index contributed by atoms with van der Waals surface area (Å²) in [7, 11) is 0. The molecule has 3 heteroatoms. The Morgan fingerprint density at radius 2 is 2.08 bits per heavy atom. The van der Waals surface area contributed by atoms with Crippen LogP contribution in [0.1, 0.15) is 31.1 Å². The maximum Gasteiger partial charge on any atom is 0.162 e. The van der Waals surface area contributed by atoms with Crippen LogP contribution in [0.5, 0.6) is 0 Å². The van der Waals surface area contributed by atoms with Gasteiger partial charge in [-0.15, -0.1) is 0 Å². The number of carbonyl (C=O) groups excluding carboxylic acids is 1. The van der Waals surface area contributed by atoms with Gasteiger partial charge in [-0.2, -0.15) is 0 Å². The quantitative estimate of drug-likeness (QED) is 0.536. The van der Waals surface area contributed by atoms with Crippen molar-refractivity contribution in [2.24, 2.45) is 0 Å². The van der Waals surface area contributed by atoms with Crippen LogP contribution in [0.15, 0.2) is 18.3 Å². The van der Waals surface area contributed by atoms with E-state index in [1.54, 1.807) is 18.3 Å². The lowest BCUT2D eigenvalue weighted by Crippen LogP contribution is -1.93. The first kappa shape index (κ1) is 11.0. The van der Waals surface area contributed by atoms with Gasteiger partial charge in [0.25, 0.3) is 0 Å². The Morgan fingerprint density at radius 1 is 1.50 bits per heavy atom.